The zero-order chi connectivity index (χ0) is 18.7. The number of amides is 1. The molecular weight excluding hydrogens is 334 g/mol. The molecule has 0 atom stereocenters. The van der Waals surface area contributed by atoms with Gasteiger partial charge < -0.3 is 5.32 Å². The van der Waals surface area contributed by atoms with Crippen molar-refractivity contribution in [1.29, 1.82) is 5.26 Å². The number of nitro benzene ring substituents is 1. The number of rotatable bonds is 4. The molecule has 134 valence electrons. The van der Waals surface area contributed by atoms with Crippen molar-refractivity contribution in [3.63, 3.8) is 0 Å². The normalized spacial score (nSPS) is 14.6. The van der Waals surface area contributed by atoms with Crippen LogP contribution in [-0.2, 0) is 0 Å². The molecule has 1 heterocycles. The van der Waals surface area contributed by atoms with Crippen molar-refractivity contribution in [1.82, 2.24) is 9.78 Å². The second-order valence-corrected chi connectivity index (χ2v) is 6.42. The van der Waals surface area contributed by atoms with Crippen LogP contribution in [0.5, 0.6) is 0 Å². The van der Waals surface area contributed by atoms with Crippen molar-refractivity contribution in [2.45, 2.75) is 45.1 Å². The number of benzene rings is 1. The molecule has 26 heavy (non-hydrogen) atoms. The second kappa shape index (κ2) is 7.35. The monoisotopic (exact) mass is 353 g/mol. The topological polar surface area (TPSA) is 114 Å². The Hall–Kier alpha value is -3.21. The summed E-state index contributed by atoms with van der Waals surface area (Å²) >= 11 is 0. The van der Waals surface area contributed by atoms with Crippen molar-refractivity contribution in [2.24, 2.45) is 0 Å². The summed E-state index contributed by atoms with van der Waals surface area (Å²) in [6.45, 7) is 1.76. The lowest BCUT2D eigenvalue weighted by molar-refractivity contribution is -0.384. The molecule has 0 unspecified atom stereocenters. The highest BCUT2D eigenvalue weighted by Crippen LogP contribution is 2.32. The van der Waals surface area contributed by atoms with Gasteiger partial charge in [-0.05, 0) is 31.9 Å². The Morgan fingerprint density at radius 2 is 1.96 bits per heavy atom. The second-order valence-electron chi connectivity index (χ2n) is 6.42. The minimum atomic E-state index is -0.520. The summed E-state index contributed by atoms with van der Waals surface area (Å²) in [6, 6.07) is 7.67. The fraction of sp³-hybridized carbons (Fsp3) is 0.389. The number of hydrogen-bond acceptors (Lipinski definition) is 5. The molecule has 0 spiro atoms. The maximum Gasteiger partial charge on any atom is 0.269 e. The molecule has 1 aliphatic rings. The zero-order valence-electron chi connectivity index (χ0n) is 14.4. The summed E-state index contributed by atoms with van der Waals surface area (Å²) in [5, 5.41) is 27.5. The molecule has 3 rings (SSSR count). The predicted molar refractivity (Wildman–Crippen MR) is 94.9 cm³/mol. The average Bonchev–Trinajstić information content (AvgIpc) is 2.98. The molecule has 8 nitrogen and oxygen atoms in total. The Labute approximate surface area is 150 Å². The van der Waals surface area contributed by atoms with Crippen LogP contribution in [-0.4, -0.2) is 20.6 Å². The first-order chi connectivity index (χ1) is 12.5. The van der Waals surface area contributed by atoms with E-state index in [2.05, 4.69) is 16.5 Å². The number of hydrogen-bond donors (Lipinski definition) is 1. The highest BCUT2D eigenvalue weighted by Gasteiger charge is 2.24. The number of nitrogens with one attached hydrogen (secondary N) is 1. The van der Waals surface area contributed by atoms with E-state index in [0.717, 1.165) is 25.7 Å². The molecule has 1 fully saturated rings. The molecule has 2 aromatic rings. The van der Waals surface area contributed by atoms with Crippen molar-refractivity contribution in [3.05, 3.63) is 51.3 Å². The summed E-state index contributed by atoms with van der Waals surface area (Å²) in [5.74, 6) is -0.428. The summed E-state index contributed by atoms with van der Waals surface area (Å²) in [5.41, 5.74) is 1.54. The molecule has 0 bridgehead atoms. The van der Waals surface area contributed by atoms with E-state index in [-0.39, 0.29) is 17.3 Å². The van der Waals surface area contributed by atoms with Gasteiger partial charge in [-0.2, -0.15) is 10.4 Å². The molecule has 8 heteroatoms. The zero-order valence-corrected chi connectivity index (χ0v) is 14.4. The standard InChI is InChI=1S/C18H19N5O3/c1-12-17(16(11-19)22(21-12)14-5-3-2-4-6-14)20-18(24)13-7-9-15(10-8-13)23(25)26/h7-10,14H,2-6H2,1H3,(H,20,24). The smallest absolute Gasteiger partial charge is 0.269 e. The van der Waals surface area contributed by atoms with Gasteiger partial charge in [0.25, 0.3) is 11.6 Å². The van der Waals surface area contributed by atoms with Crippen molar-refractivity contribution < 1.29 is 9.72 Å². The molecule has 1 amide bonds. The van der Waals surface area contributed by atoms with Gasteiger partial charge in [-0.25, -0.2) is 4.68 Å². The van der Waals surface area contributed by atoms with E-state index in [1.165, 1.54) is 30.7 Å². The quantitative estimate of drug-likeness (QED) is 0.664. The van der Waals surface area contributed by atoms with Gasteiger partial charge >= 0.3 is 0 Å². The molecule has 1 N–H and O–H groups in total. The van der Waals surface area contributed by atoms with E-state index in [9.17, 15) is 20.2 Å². The van der Waals surface area contributed by atoms with Crippen LogP contribution >= 0.6 is 0 Å². The Kier molecular flexibility index (Phi) is 4.98. The molecule has 1 saturated carbocycles. The number of carbonyl (C=O) groups is 1. The van der Waals surface area contributed by atoms with Gasteiger partial charge in [0, 0.05) is 17.7 Å². The van der Waals surface area contributed by atoms with Gasteiger partial charge in [0.05, 0.1) is 16.7 Å². The summed E-state index contributed by atoms with van der Waals surface area (Å²) in [7, 11) is 0. The number of nitriles is 1. The molecule has 1 aliphatic carbocycles. The Bertz CT molecular complexity index is 873. The van der Waals surface area contributed by atoms with Crippen molar-refractivity contribution >= 4 is 17.3 Å². The van der Waals surface area contributed by atoms with Crippen LogP contribution in [0.4, 0.5) is 11.4 Å². The van der Waals surface area contributed by atoms with Gasteiger partial charge in [0.2, 0.25) is 0 Å². The van der Waals surface area contributed by atoms with Crippen molar-refractivity contribution in [3.8, 4) is 6.07 Å². The predicted octanol–water partition coefficient (Wildman–Crippen LogP) is 3.73. The van der Waals surface area contributed by atoms with E-state index in [1.807, 2.05) is 0 Å². The van der Waals surface area contributed by atoms with E-state index in [1.54, 1.807) is 11.6 Å². The highest BCUT2D eigenvalue weighted by atomic mass is 16.6. The lowest BCUT2D eigenvalue weighted by Gasteiger charge is -2.22. The van der Waals surface area contributed by atoms with Gasteiger partial charge in [0.15, 0.2) is 5.69 Å². The van der Waals surface area contributed by atoms with Crippen LogP contribution in [0.2, 0.25) is 0 Å². The first-order valence-corrected chi connectivity index (χ1v) is 8.56. The first-order valence-electron chi connectivity index (χ1n) is 8.56. The molecular formula is C18H19N5O3. The highest BCUT2D eigenvalue weighted by molar-refractivity contribution is 6.05. The van der Waals surface area contributed by atoms with Crippen LogP contribution in [0.1, 0.15) is 59.9 Å². The molecule has 0 radical (unpaired) electrons. The Balaban J connectivity index is 1.85. The minimum absolute atomic E-state index is 0.0828. The first kappa shape index (κ1) is 17.6. The van der Waals surface area contributed by atoms with E-state index in [4.69, 9.17) is 0 Å². The van der Waals surface area contributed by atoms with E-state index >= 15 is 0 Å². The van der Waals surface area contributed by atoms with Crippen LogP contribution in [0, 0.1) is 28.4 Å². The van der Waals surface area contributed by atoms with Crippen molar-refractivity contribution in [2.75, 3.05) is 5.32 Å². The van der Waals surface area contributed by atoms with Crippen LogP contribution in [0.25, 0.3) is 0 Å². The maximum absolute atomic E-state index is 12.5. The Morgan fingerprint density at radius 1 is 1.31 bits per heavy atom. The fourth-order valence-electron chi connectivity index (χ4n) is 3.31. The summed E-state index contributed by atoms with van der Waals surface area (Å²) in [4.78, 5) is 22.7. The number of non-ortho nitro benzene ring substituents is 1. The third-order valence-corrected chi connectivity index (χ3v) is 4.69. The lowest BCUT2D eigenvalue weighted by atomic mass is 9.95. The van der Waals surface area contributed by atoms with Crippen LogP contribution in [0.15, 0.2) is 24.3 Å². The van der Waals surface area contributed by atoms with Crippen LogP contribution < -0.4 is 5.32 Å². The molecule has 0 saturated heterocycles. The summed E-state index contributed by atoms with van der Waals surface area (Å²) < 4.78 is 1.74. The number of aryl methyl sites for hydroxylation is 1. The Morgan fingerprint density at radius 3 is 2.54 bits per heavy atom. The maximum atomic E-state index is 12.5. The summed E-state index contributed by atoms with van der Waals surface area (Å²) in [6.07, 6.45) is 5.37. The van der Waals surface area contributed by atoms with Crippen LogP contribution in [0.3, 0.4) is 0 Å². The number of carbonyl (C=O) groups excluding carboxylic acids is 1. The van der Waals surface area contributed by atoms with E-state index < -0.39 is 10.8 Å². The lowest BCUT2D eigenvalue weighted by Crippen LogP contribution is -2.17. The van der Waals surface area contributed by atoms with Gasteiger partial charge in [-0.15, -0.1) is 0 Å². The SMILES string of the molecule is Cc1nn(C2CCCCC2)c(C#N)c1NC(=O)c1ccc([N+](=O)[O-])cc1. The third-order valence-electron chi connectivity index (χ3n) is 4.69. The van der Waals surface area contributed by atoms with Gasteiger partial charge in [-0.1, -0.05) is 19.3 Å². The molecule has 1 aromatic carbocycles. The number of nitrogens with zero attached hydrogens (tertiary/aromatic N) is 4. The minimum Gasteiger partial charge on any atom is -0.318 e. The fourth-order valence-corrected chi connectivity index (χ4v) is 3.31. The third kappa shape index (κ3) is 3.42. The molecule has 1 aromatic heterocycles. The van der Waals surface area contributed by atoms with E-state index in [0.29, 0.717) is 17.1 Å². The largest absolute Gasteiger partial charge is 0.318 e. The number of nitro groups is 1. The molecule has 0 aliphatic heterocycles. The van der Waals surface area contributed by atoms with Gasteiger partial charge in [-0.3, -0.25) is 14.9 Å². The number of aromatic nitrogens is 2. The number of anilines is 1. The average molecular weight is 353 g/mol. The van der Waals surface area contributed by atoms with Gasteiger partial charge in [0.1, 0.15) is 11.8 Å².